The van der Waals surface area contributed by atoms with Crippen molar-refractivity contribution >= 4 is 11.6 Å². The van der Waals surface area contributed by atoms with Gasteiger partial charge >= 0.3 is 0 Å². The average molecular weight is 205 g/mol. The van der Waals surface area contributed by atoms with E-state index in [-0.39, 0.29) is 5.75 Å². The molecule has 0 atom stereocenters. The summed E-state index contributed by atoms with van der Waals surface area (Å²) in [4.78, 5) is 0. The van der Waals surface area contributed by atoms with Gasteiger partial charge in [0.1, 0.15) is 5.75 Å². The molecule has 0 aliphatic carbocycles. The van der Waals surface area contributed by atoms with Gasteiger partial charge in [0.25, 0.3) is 0 Å². The molecule has 1 N–H and O–H groups in total. The molecule has 0 saturated heterocycles. The van der Waals surface area contributed by atoms with Crippen molar-refractivity contribution in [2.45, 2.75) is 0 Å². The van der Waals surface area contributed by atoms with E-state index in [4.69, 9.17) is 11.6 Å². The third kappa shape index (κ3) is 1.59. The molecule has 0 saturated carbocycles. The first kappa shape index (κ1) is 9.10. The summed E-state index contributed by atoms with van der Waals surface area (Å²) in [6, 6.07) is 15.0. The topological polar surface area (TPSA) is 20.2 Å². The van der Waals surface area contributed by atoms with Crippen molar-refractivity contribution in [1.82, 2.24) is 0 Å². The maximum absolute atomic E-state index is 9.43. The van der Waals surface area contributed by atoms with Crippen molar-refractivity contribution in [2.75, 3.05) is 0 Å². The number of halogens is 1. The summed E-state index contributed by atoms with van der Waals surface area (Å²) in [5, 5.41) is 9.83. The first-order valence-corrected chi connectivity index (χ1v) is 4.70. The summed E-state index contributed by atoms with van der Waals surface area (Å²) in [5.41, 5.74) is 1.86. The van der Waals surface area contributed by atoms with Crippen molar-refractivity contribution < 1.29 is 5.11 Å². The molecule has 2 aromatic rings. The zero-order chi connectivity index (χ0) is 9.97. The molecule has 0 radical (unpaired) electrons. The highest BCUT2D eigenvalue weighted by atomic mass is 35.5. The molecule has 0 heterocycles. The van der Waals surface area contributed by atoms with Gasteiger partial charge in [-0.25, -0.2) is 0 Å². The minimum atomic E-state index is 0.119. The van der Waals surface area contributed by atoms with Crippen LogP contribution in [0.4, 0.5) is 0 Å². The van der Waals surface area contributed by atoms with Gasteiger partial charge in [-0.15, -0.1) is 0 Å². The first-order chi connectivity index (χ1) is 6.79. The molecule has 70 valence electrons. The van der Waals surface area contributed by atoms with Crippen LogP contribution in [0.3, 0.4) is 0 Å². The second kappa shape index (κ2) is 3.72. The Hall–Kier alpha value is -1.47. The standard InChI is InChI=1S/C12H9ClO/c13-12-10(7-4-8-11(12)14)9-5-2-1-3-6-9/h1-8,14H. The highest BCUT2D eigenvalue weighted by Gasteiger charge is 2.05. The van der Waals surface area contributed by atoms with Gasteiger partial charge in [-0.1, -0.05) is 54.1 Å². The van der Waals surface area contributed by atoms with Crippen LogP contribution in [0.15, 0.2) is 48.5 Å². The molecule has 2 heteroatoms. The fourth-order valence-electron chi connectivity index (χ4n) is 1.36. The molecular weight excluding hydrogens is 196 g/mol. The minimum Gasteiger partial charge on any atom is -0.506 e. The van der Waals surface area contributed by atoms with Crippen LogP contribution >= 0.6 is 11.6 Å². The first-order valence-electron chi connectivity index (χ1n) is 4.32. The highest BCUT2D eigenvalue weighted by molar-refractivity contribution is 6.34. The Morgan fingerprint density at radius 1 is 0.857 bits per heavy atom. The maximum Gasteiger partial charge on any atom is 0.134 e. The molecule has 0 aliphatic heterocycles. The van der Waals surface area contributed by atoms with E-state index in [1.807, 2.05) is 36.4 Å². The third-order valence-electron chi connectivity index (χ3n) is 2.06. The number of rotatable bonds is 1. The largest absolute Gasteiger partial charge is 0.506 e. The molecule has 2 rings (SSSR count). The van der Waals surface area contributed by atoms with Crippen molar-refractivity contribution in [3.8, 4) is 16.9 Å². The summed E-state index contributed by atoms with van der Waals surface area (Å²) in [5.74, 6) is 0.119. The molecule has 2 aromatic carbocycles. The summed E-state index contributed by atoms with van der Waals surface area (Å²) < 4.78 is 0. The van der Waals surface area contributed by atoms with E-state index >= 15 is 0 Å². The van der Waals surface area contributed by atoms with E-state index in [9.17, 15) is 5.11 Å². The van der Waals surface area contributed by atoms with Crippen LogP contribution < -0.4 is 0 Å². The van der Waals surface area contributed by atoms with Gasteiger partial charge in [0.15, 0.2) is 0 Å². The predicted molar refractivity (Wildman–Crippen MR) is 58.6 cm³/mol. The number of phenolic OH excluding ortho intramolecular Hbond substituents is 1. The quantitative estimate of drug-likeness (QED) is 0.751. The predicted octanol–water partition coefficient (Wildman–Crippen LogP) is 3.71. The van der Waals surface area contributed by atoms with Gasteiger partial charge in [-0.05, 0) is 11.6 Å². The Labute approximate surface area is 87.6 Å². The lowest BCUT2D eigenvalue weighted by molar-refractivity contribution is 0.476. The second-order valence-electron chi connectivity index (χ2n) is 3.00. The summed E-state index contributed by atoms with van der Waals surface area (Å²) in [6.07, 6.45) is 0. The van der Waals surface area contributed by atoms with E-state index < -0.39 is 0 Å². The van der Waals surface area contributed by atoms with Crippen LogP contribution in [0.5, 0.6) is 5.75 Å². The monoisotopic (exact) mass is 204 g/mol. The van der Waals surface area contributed by atoms with Gasteiger partial charge < -0.3 is 5.11 Å². The molecule has 0 bridgehead atoms. The van der Waals surface area contributed by atoms with Crippen LogP contribution in [-0.2, 0) is 0 Å². The van der Waals surface area contributed by atoms with E-state index in [0.717, 1.165) is 11.1 Å². The van der Waals surface area contributed by atoms with Crippen LogP contribution in [-0.4, -0.2) is 5.11 Å². The van der Waals surface area contributed by atoms with Crippen LogP contribution in [0.25, 0.3) is 11.1 Å². The Morgan fingerprint density at radius 3 is 2.29 bits per heavy atom. The van der Waals surface area contributed by atoms with Crippen molar-refractivity contribution in [1.29, 1.82) is 0 Å². The van der Waals surface area contributed by atoms with Crippen molar-refractivity contribution in [3.63, 3.8) is 0 Å². The van der Waals surface area contributed by atoms with Gasteiger partial charge in [-0.3, -0.25) is 0 Å². The summed E-state index contributed by atoms with van der Waals surface area (Å²) in [7, 11) is 0. The third-order valence-corrected chi connectivity index (χ3v) is 2.46. The average Bonchev–Trinajstić information content (AvgIpc) is 2.23. The van der Waals surface area contributed by atoms with E-state index in [0.29, 0.717) is 5.02 Å². The molecule has 0 amide bonds. The van der Waals surface area contributed by atoms with Gasteiger partial charge in [0.05, 0.1) is 5.02 Å². The number of benzene rings is 2. The molecule has 0 unspecified atom stereocenters. The Kier molecular flexibility index (Phi) is 2.42. The fourth-order valence-corrected chi connectivity index (χ4v) is 1.60. The van der Waals surface area contributed by atoms with E-state index in [1.54, 1.807) is 12.1 Å². The van der Waals surface area contributed by atoms with Crippen molar-refractivity contribution in [3.05, 3.63) is 53.6 Å². The Bertz CT molecular complexity index is 437. The van der Waals surface area contributed by atoms with Gasteiger partial charge in [0.2, 0.25) is 0 Å². The Morgan fingerprint density at radius 2 is 1.57 bits per heavy atom. The zero-order valence-electron chi connectivity index (χ0n) is 7.44. The zero-order valence-corrected chi connectivity index (χ0v) is 8.20. The minimum absolute atomic E-state index is 0.119. The smallest absolute Gasteiger partial charge is 0.134 e. The lowest BCUT2D eigenvalue weighted by Gasteiger charge is -2.05. The molecular formula is C12H9ClO. The number of hydrogen-bond acceptors (Lipinski definition) is 1. The second-order valence-corrected chi connectivity index (χ2v) is 3.38. The van der Waals surface area contributed by atoms with Gasteiger partial charge in [0, 0.05) is 5.56 Å². The van der Waals surface area contributed by atoms with Crippen LogP contribution in [0.1, 0.15) is 0 Å². The van der Waals surface area contributed by atoms with Crippen LogP contribution in [0.2, 0.25) is 5.02 Å². The van der Waals surface area contributed by atoms with E-state index in [1.165, 1.54) is 0 Å². The SMILES string of the molecule is Oc1cccc(-c2ccccc2)c1Cl. The lowest BCUT2D eigenvalue weighted by Crippen LogP contribution is -1.78. The maximum atomic E-state index is 9.43. The summed E-state index contributed by atoms with van der Waals surface area (Å²) in [6.45, 7) is 0. The van der Waals surface area contributed by atoms with Crippen LogP contribution in [0, 0.1) is 0 Å². The molecule has 0 aromatic heterocycles. The number of phenols is 1. The summed E-state index contributed by atoms with van der Waals surface area (Å²) >= 11 is 5.98. The van der Waals surface area contributed by atoms with Gasteiger partial charge in [-0.2, -0.15) is 0 Å². The fraction of sp³-hybridized carbons (Fsp3) is 0. The van der Waals surface area contributed by atoms with E-state index in [2.05, 4.69) is 0 Å². The lowest BCUT2D eigenvalue weighted by atomic mass is 10.1. The normalized spacial score (nSPS) is 10.1. The molecule has 0 aliphatic rings. The highest BCUT2D eigenvalue weighted by Crippen LogP contribution is 2.33. The molecule has 14 heavy (non-hydrogen) atoms. The Balaban J connectivity index is 2.58. The molecule has 1 nitrogen and oxygen atoms in total. The van der Waals surface area contributed by atoms with Crippen molar-refractivity contribution in [2.24, 2.45) is 0 Å². The molecule has 0 fully saturated rings. The number of aromatic hydroxyl groups is 1. The molecule has 0 spiro atoms. The number of hydrogen-bond donors (Lipinski definition) is 1.